The predicted octanol–water partition coefficient (Wildman–Crippen LogP) is 3.19. The van der Waals surface area contributed by atoms with E-state index in [4.69, 9.17) is 17.3 Å². The first-order chi connectivity index (χ1) is 9.50. The van der Waals surface area contributed by atoms with Crippen molar-refractivity contribution in [2.75, 3.05) is 0 Å². The Hall–Kier alpha value is -1.17. The summed E-state index contributed by atoms with van der Waals surface area (Å²) in [6, 6.07) is 3.50. The van der Waals surface area contributed by atoms with Gasteiger partial charge in [-0.05, 0) is 30.9 Å². The smallest absolute Gasteiger partial charge is 0.274 e. The standard InChI is InChI=1S/C14H19ClN2O3/c15-10-6-7-12(17(19)20)11(8-10)13(16)14(18)9-4-2-1-3-5-9/h6-9,13-14,18H,1-5,16H2/t13-,14+/m1/s1. The molecule has 1 aromatic carbocycles. The molecule has 0 unspecified atom stereocenters. The van der Waals surface area contributed by atoms with Gasteiger partial charge in [0.2, 0.25) is 0 Å². The molecule has 0 saturated heterocycles. The summed E-state index contributed by atoms with van der Waals surface area (Å²) in [6.07, 6.45) is 4.40. The fourth-order valence-corrected chi connectivity index (χ4v) is 3.09. The number of benzene rings is 1. The van der Waals surface area contributed by atoms with Gasteiger partial charge in [0.1, 0.15) is 0 Å². The minimum atomic E-state index is -0.780. The highest BCUT2D eigenvalue weighted by Gasteiger charge is 2.31. The van der Waals surface area contributed by atoms with Crippen LogP contribution in [0.5, 0.6) is 0 Å². The summed E-state index contributed by atoms with van der Waals surface area (Å²) in [4.78, 5) is 10.6. The maximum atomic E-state index is 11.1. The summed E-state index contributed by atoms with van der Waals surface area (Å²) in [5, 5.41) is 21.9. The Morgan fingerprint density at radius 1 is 1.35 bits per heavy atom. The van der Waals surface area contributed by atoms with E-state index in [9.17, 15) is 15.2 Å². The molecule has 1 fully saturated rings. The number of hydrogen-bond donors (Lipinski definition) is 2. The van der Waals surface area contributed by atoms with E-state index in [1.54, 1.807) is 0 Å². The largest absolute Gasteiger partial charge is 0.391 e. The van der Waals surface area contributed by atoms with Crippen LogP contribution in [0.2, 0.25) is 5.02 Å². The van der Waals surface area contributed by atoms with Crippen molar-refractivity contribution in [2.45, 2.75) is 44.2 Å². The fraction of sp³-hybridized carbons (Fsp3) is 0.571. The Balaban J connectivity index is 2.24. The summed E-state index contributed by atoms with van der Waals surface area (Å²) < 4.78 is 0. The van der Waals surface area contributed by atoms with Crippen LogP contribution in [0, 0.1) is 16.0 Å². The van der Waals surface area contributed by atoms with Crippen LogP contribution in [0.25, 0.3) is 0 Å². The Morgan fingerprint density at radius 2 is 2.00 bits per heavy atom. The molecule has 0 heterocycles. The Morgan fingerprint density at radius 3 is 2.60 bits per heavy atom. The molecular formula is C14H19ClN2O3. The first kappa shape index (κ1) is 15.2. The third kappa shape index (κ3) is 3.29. The molecule has 0 spiro atoms. The summed E-state index contributed by atoms with van der Waals surface area (Å²) in [6.45, 7) is 0. The van der Waals surface area contributed by atoms with Gasteiger partial charge in [-0.2, -0.15) is 0 Å². The summed E-state index contributed by atoms with van der Waals surface area (Å²) in [5.74, 6) is 0.109. The second-order valence-corrected chi connectivity index (χ2v) is 5.81. The normalized spacial score (nSPS) is 19.6. The van der Waals surface area contributed by atoms with Gasteiger partial charge in [-0.25, -0.2) is 0 Å². The highest BCUT2D eigenvalue weighted by Crippen LogP contribution is 2.35. The molecule has 1 aromatic rings. The zero-order valence-electron chi connectivity index (χ0n) is 11.2. The summed E-state index contributed by atoms with van der Waals surface area (Å²) >= 11 is 5.90. The molecule has 2 atom stereocenters. The van der Waals surface area contributed by atoms with Crippen molar-refractivity contribution in [3.8, 4) is 0 Å². The van der Waals surface area contributed by atoms with Gasteiger partial charge in [0.25, 0.3) is 5.69 Å². The predicted molar refractivity (Wildman–Crippen MR) is 77.6 cm³/mol. The van der Waals surface area contributed by atoms with Crippen molar-refractivity contribution in [1.29, 1.82) is 0 Å². The van der Waals surface area contributed by atoms with E-state index in [2.05, 4.69) is 0 Å². The topological polar surface area (TPSA) is 89.4 Å². The number of nitro benzene ring substituents is 1. The van der Waals surface area contributed by atoms with Gasteiger partial charge in [0.15, 0.2) is 0 Å². The zero-order valence-corrected chi connectivity index (χ0v) is 11.9. The van der Waals surface area contributed by atoms with Crippen LogP contribution in [0.4, 0.5) is 5.69 Å². The van der Waals surface area contributed by atoms with Gasteiger partial charge >= 0.3 is 0 Å². The highest BCUT2D eigenvalue weighted by molar-refractivity contribution is 6.30. The molecule has 0 amide bonds. The zero-order chi connectivity index (χ0) is 14.7. The van der Waals surface area contributed by atoms with Gasteiger partial charge in [0, 0.05) is 11.1 Å². The second-order valence-electron chi connectivity index (χ2n) is 5.37. The number of nitrogens with two attached hydrogens (primary N) is 1. The minimum absolute atomic E-state index is 0.0863. The van der Waals surface area contributed by atoms with Crippen molar-refractivity contribution < 1.29 is 10.0 Å². The second kappa shape index (κ2) is 6.52. The van der Waals surface area contributed by atoms with Gasteiger partial charge in [-0.3, -0.25) is 10.1 Å². The monoisotopic (exact) mass is 298 g/mol. The number of aliphatic hydroxyl groups is 1. The van der Waals surface area contributed by atoms with Crippen molar-refractivity contribution >= 4 is 17.3 Å². The van der Waals surface area contributed by atoms with Crippen LogP contribution in [-0.4, -0.2) is 16.1 Å². The van der Waals surface area contributed by atoms with Crippen molar-refractivity contribution in [3.63, 3.8) is 0 Å². The van der Waals surface area contributed by atoms with Crippen LogP contribution in [0.1, 0.15) is 43.7 Å². The lowest BCUT2D eigenvalue weighted by Crippen LogP contribution is -2.34. The van der Waals surface area contributed by atoms with Crippen LogP contribution < -0.4 is 5.73 Å². The number of aliphatic hydroxyl groups excluding tert-OH is 1. The van der Waals surface area contributed by atoms with E-state index in [1.165, 1.54) is 24.6 Å². The van der Waals surface area contributed by atoms with Crippen LogP contribution in [0.3, 0.4) is 0 Å². The molecule has 0 aliphatic heterocycles. The molecule has 5 nitrogen and oxygen atoms in total. The maximum Gasteiger partial charge on any atom is 0.274 e. The molecule has 1 aliphatic rings. The Bertz CT molecular complexity index is 489. The van der Waals surface area contributed by atoms with Gasteiger partial charge in [0.05, 0.1) is 22.6 Å². The lowest BCUT2D eigenvalue weighted by Gasteiger charge is -2.30. The van der Waals surface area contributed by atoms with E-state index in [1.807, 2.05) is 0 Å². The molecule has 110 valence electrons. The summed E-state index contributed by atoms with van der Waals surface area (Å²) in [5.41, 5.74) is 6.28. The first-order valence-electron chi connectivity index (χ1n) is 6.88. The SMILES string of the molecule is N[C@H](c1cc(Cl)ccc1[N+](=O)[O-])[C@@H](O)C1CCCCC1. The average molecular weight is 299 g/mol. The number of nitrogens with zero attached hydrogens (tertiary/aromatic N) is 1. The molecular weight excluding hydrogens is 280 g/mol. The number of rotatable bonds is 4. The number of nitro groups is 1. The first-order valence-corrected chi connectivity index (χ1v) is 7.26. The van der Waals surface area contributed by atoms with E-state index in [0.29, 0.717) is 10.6 Å². The third-order valence-corrected chi connectivity index (χ3v) is 4.28. The molecule has 0 aromatic heterocycles. The molecule has 3 N–H and O–H groups in total. The number of halogens is 1. The van der Waals surface area contributed by atoms with Gasteiger partial charge in [-0.15, -0.1) is 0 Å². The van der Waals surface area contributed by atoms with Crippen molar-refractivity contribution in [1.82, 2.24) is 0 Å². The van der Waals surface area contributed by atoms with Gasteiger partial charge < -0.3 is 10.8 Å². The van der Waals surface area contributed by atoms with E-state index in [-0.39, 0.29) is 11.6 Å². The molecule has 2 rings (SSSR count). The Kier molecular flexibility index (Phi) is 4.96. The molecule has 6 heteroatoms. The molecule has 0 bridgehead atoms. The van der Waals surface area contributed by atoms with E-state index in [0.717, 1.165) is 25.7 Å². The molecule has 0 radical (unpaired) electrons. The molecule has 20 heavy (non-hydrogen) atoms. The fourth-order valence-electron chi connectivity index (χ4n) is 2.91. The van der Waals surface area contributed by atoms with Gasteiger partial charge in [-0.1, -0.05) is 30.9 Å². The quantitative estimate of drug-likeness (QED) is 0.660. The van der Waals surface area contributed by atoms with Crippen molar-refractivity contribution in [3.05, 3.63) is 38.9 Å². The maximum absolute atomic E-state index is 11.1. The lowest BCUT2D eigenvalue weighted by atomic mass is 9.81. The van der Waals surface area contributed by atoms with E-state index >= 15 is 0 Å². The molecule has 1 aliphatic carbocycles. The van der Waals surface area contributed by atoms with Crippen LogP contribution in [0.15, 0.2) is 18.2 Å². The summed E-state index contributed by atoms with van der Waals surface area (Å²) in [7, 11) is 0. The third-order valence-electron chi connectivity index (χ3n) is 4.05. The van der Waals surface area contributed by atoms with E-state index < -0.39 is 17.1 Å². The average Bonchev–Trinajstić information content (AvgIpc) is 2.46. The van der Waals surface area contributed by atoms with Crippen LogP contribution >= 0.6 is 11.6 Å². The lowest BCUT2D eigenvalue weighted by molar-refractivity contribution is -0.385. The minimum Gasteiger partial charge on any atom is -0.391 e. The molecule has 1 saturated carbocycles. The highest BCUT2D eigenvalue weighted by atomic mass is 35.5. The number of hydrogen-bond acceptors (Lipinski definition) is 4. The van der Waals surface area contributed by atoms with Crippen LogP contribution in [-0.2, 0) is 0 Å². The van der Waals surface area contributed by atoms with Crippen molar-refractivity contribution in [2.24, 2.45) is 11.7 Å². The Labute approximate surface area is 122 Å².